The lowest BCUT2D eigenvalue weighted by Crippen LogP contribution is -2.35. The quantitative estimate of drug-likeness (QED) is 0.847. The summed E-state index contributed by atoms with van der Waals surface area (Å²) in [4.78, 5) is 0.0898. The Bertz CT molecular complexity index is 568. The Hall–Kier alpha value is -0.620. The van der Waals surface area contributed by atoms with Crippen LogP contribution in [0.5, 0.6) is 0 Å². The zero-order chi connectivity index (χ0) is 15.6. The van der Waals surface area contributed by atoms with Gasteiger partial charge in [-0.15, -0.1) is 0 Å². The van der Waals surface area contributed by atoms with Crippen molar-refractivity contribution in [3.05, 3.63) is 28.8 Å². The standard InChI is InChI=1S/C14H22ClNO3S/c1-10-6-5-7-12(13(10)15)20(18,19)16-9-14(3,4)8-11(2)17/h5-7,11,16-17H,8-9H2,1-4H3/t11-/m1/s1. The maximum absolute atomic E-state index is 12.3. The van der Waals surface area contributed by atoms with Crippen LogP contribution in [0.2, 0.25) is 5.02 Å². The summed E-state index contributed by atoms with van der Waals surface area (Å²) in [5, 5.41) is 9.66. The molecule has 1 aromatic rings. The summed E-state index contributed by atoms with van der Waals surface area (Å²) in [6.45, 7) is 7.50. The molecule has 0 bridgehead atoms. The van der Waals surface area contributed by atoms with E-state index >= 15 is 0 Å². The minimum absolute atomic E-state index is 0.0898. The number of aryl methyl sites for hydroxylation is 1. The maximum Gasteiger partial charge on any atom is 0.242 e. The molecule has 0 unspecified atom stereocenters. The molecular formula is C14H22ClNO3S. The number of benzene rings is 1. The van der Waals surface area contributed by atoms with Gasteiger partial charge in [-0.1, -0.05) is 37.6 Å². The van der Waals surface area contributed by atoms with Gasteiger partial charge >= 0.3 is 0 Å². The van der Waals surface area contributed by atoms with Gasteiger partial charge < -0.3 is 5.11 Å². The minimum atomic E-state index is -3.65. The van der Waals surface area contributed by atoms with Gasteiger partial charge in [0.15, 0.2) is 0 Å². The van der Waals surface area contributed by atoms with E-state index in [1.54, 1.807) is 26.0 Å². The monoisotopic (exact) mass is 319 g/mol. The Balaban J connectivity index is 2.89. The highest BCUT2D eigenvalue weighted by atomic mass is 35.5. The zero-order valence-corrected chi connectivity index (χ0v) is 13.8. The second-order valence-electron chi connectivity index (χ2n) is 5.93. The molecule has 0 saturated heterocycles. The maximum atomic E-state index is 12.3. The van der Waals surface area contributed by atoms with Crippen molar-refractivity contribution in [2.75, 3.05) is 6.54 Å². The number of aliphatic hydroxyl groups is 1. The highest BCUT2D eigenvalue weighted by molar-refractivity contribution is 7.89. The van der Waals surface area contributed by atoms with E-state index in [0.717, 1.165) is 5.56 Å². The Morgan fingerprint density at radius 2 is 2.00 bits per heavy atom. The molecule has 0 aliphatic rings. The third-order valence-electron chi connectivity index (χ3n) is 3.03. The minimum Gasteiger partial charge on any atom is -0.393 e. The first-order valence-corrected chi connectivity index (χ1v) is 8.34. The van der Waals surface area contributed by atoms with Crippen molar-refractivity contribution in [3.8, 4) is 0 Å². The molecule has 4 nitrogen and oxygen atoms in total. The van der Waals surface area contributed by atoms with Crippen molar-refractivity contribution >= 4 is 21.6 Å². The van der Waals surface area contributed by atoms with Gasteiger partial charge in [0.2, 0.25) is 10.0 Å². The van der Waals surface area contributed by atoms with Gasteiger partial charge in [-0.05, 0) is 37.3 Å². The summed E-state index contributed by atoms with van der Waals surface area (Å²) >= 11 is 6.05. The van der Waals surface area contributed by atoms with Crippen LogP contribution in [0.25, 0.3) is 0 Å². The van der Waals surface area contributed by atoms with Gasteiger partial charge in [-0.3, -0.25) is 0 Å². The second kappa shape index (κ2) is 6.43. The summed E-state index contributed by atoms with van der Waals surface area (Å²) in [5.74, 6) is 0. The van der Waals surface area contributed by atoms with Crippen LogP contribution in [0.1, 0.15) is 32.8 Å². The number of aliphatic hydroxyl groups excluding tert-OH is 1. The average molecular weight is 320 g/mol. The summed E-state index contributed by atoms with van der Waals surface area (Å²) in [6.07, 6.45) is 0.0360. The molecular weight excluding hydrogens is 298 g/mol. The number of hydrogen-bond acceptors (Lipinski definition) is 3. The van der Waals surface area contributed by atoms with Crippen LogP contribution < -0.4 is 4.72 Å². The topological polar surface area (TPSA) is 66.4 Å². The predicted octanol–water partition coefficient (Wildman–Crippen LogP) is 2.72. The number of sulfonamides is 1. The molecule has 2 N–H and O–H groups in total. The van der Waals surface area contributed by atoms with Crippen LogP contribution in [0.4, 0.5) is 0 Å². The van der Waals surface area contributed by atoms with Crippen molar-refractivity contribution < 1.29 is 13.5 Å². The van der Waals surface area contributed by atoms with E-state index < -0.39 is 16.1 Å². The third kappa shape index (κ3) is 4.74. The van der Waals surface area contributed by atoms with Crippen molar-refractivity contribution in [1.82, 2.24) is 4.72 Å². The van der Waals surface area contributed by atoms with Gasteiger partial charge in [0.25, 0.3) is 0 Å². The van der Waals surface area contributed by atoms with Crippen LogP contribution in [-0.2, 0) is 10.0 Å². The van der Waals surface area contributed by atoms with Gasteiger partial charge in [-0.25, -0.2) is 13.1 Å². The normalized spacial score (nSPS) is 14.3. The zero-order valence-electron chi connectivity index (χ0n) is 12.3. The van der Waals surface area contributed by atoms with E-state index in [1.165, 1.54) is 6.07 Å². The fraction of sp³-hybridized carbons (Fsp3) is 0.571. The molecule has 0 fully saturated rings. The van der Waals surface area contributed by atoms with Gasteiger partial charge in [0.05, 0.1) is 11.1 Å². The third-order valence-corrected chi connectivity index (χ3v) is 5.09. The molecule has 1 aromatic carbocycles. The van der Waals surface area contributed by atoms with Crippen LogP contribution in [0, 0.1) is 12.3 Å². The molecule has 0 spiro atoms. The fourth-order valence-corrected chi connectivity index (χ4v) is 3.89. The van der Waals surface area contributed by atoms with E-state index in [1.807, 2.05) is 13.8 Å². The molecule has 0 aliphatic heterocycles. The van der Waals surface area contributed by atoms with Crippen LogP contribution in [0.15, 0.2) is 23.1 Å². The Labute approximate surface area is 126 Å². The molecule has 0 aliphatic carbocycles. The lowest BCUT2D eigenvalue weighted by molar-refractivity contribution is 0.131. The summed E-state index contributed by atoms with van der Waals surface area (Å²) in [7, 11) is -3.65. The lowest BCUT2D eigenvalue weighted by Gasteiger charge is -2.26. The first-order valence-electron chi connectivity index (χ1n) is 6.48. The summed E-state index contributed by atoms with van der Waals surface area (Å²) < 4.78 is 27.1. The molecule has 0 aromatic heterocycles. The second-order valence-corrected chi connectivity index (χ2v) is 8.04. The fourth-order valence-electron chi connectivity index (χ4n) is 2.07. The van der Waals surface area contributed by atoms with Crippen molar-refractivity contribution in [3.63, 3.8) is 0 Å². The van der Waals surface area contributed by atoms with E-state index in [2.05, 4.69) is 4.72 Å². The Morgan fingerprint density at radius 3 is 2.55 bits per heavy atom. The van der Waals surface area contributed by atoms with E-state index in [9.17, 15) is 13.5 Å². The molecule has 0 radical (unpaired) electrons. The van der Waals surface area contributed by atoms with Crippen molar-refractivity contribution in [1.29, 1.82) is 0 Å². The van der Waals surface area contributed by atoms with Crippen molar-refractivity contribution in [2.45, 2.75) is 45.1 Å². The average Bonchev–Trinajstić information content (AvgIpc) is 2.29. The highest BCUT2D eigenvalue weighted by Crippen LogP contribution is 2.26. The number of rotatable bonds is 6. The number of hydrogen-bond donors (Lipinski definition) is 2. The molecule has 0 heterocycles. The molecule has 1 rings (SSSR count). The van der Waals surface area contributed by atoms with Crippen LogP contribution in [-0.4, -0.2) is 26.2 Å². The van der Waals surface area contributed by atoms with Crippen molar-refractivity contribution in [2.24, 2.45) is 5.41 Å². The predicted molar refractivity (Wildman–Crippen MR) is 81.5 cm³/mol. The first kappa shape index (κ1) is 17.4. The Morgan fingerprint density at radius 1 is 1.40 bits per heavy atom. The molecule has 6 heteroatoms. The summed E-state index contributed by atoms with van der Waals surface area (Å²) in [5.41, 5.74) is 0.384. The highest BCUT2D eigenvalue weighted by Gasteiger charge is 2.25. The molecule has 20 heavy (non-hydrogen) atoms. The van der Waals surface area contributed by atoms with Gasteiger partial charge in [0, 0.05) is 6.54 Å². The molecule has 0 saturated carbocycles. The number of nitrogens with one attached hydrogen (secondary N) is 1. The van der Waals surface area contributed by atoms with E-state index in [4.69, 9.17) is 11.6 Å². The van der Waals surface area contributed by atoms with Crippen LogP contribution in [0.3, 0.4) is 0 Å². The molecule has 114 valence electrons. The summed E-state index contributed by atoms with van der Waals surface area (Å²) in [6, 6.07) is 4.91. The van der Waals surface area contributed by atoms with E-state index in [0.29, 0.717) is 6.42 Å². The Kier molecular flexibility index (Phi) is 5.61. The van der Waals surface area contributed by atoms with E-state index in [-0.39, 0.29) is 21.9 Å². The molecule has 0 amide bonds. The largest absolute Gasteiger partial charge is 0.393 e. The van der Waals surface area contributed by atoms with Gasteiger partial charge in [0.1, 0.15) is 4.90 Å². The number of halogens is 1. The molecule has 1 atom stereocenters. The SMILES string of the molecule is Cc1cccc(S(=O)(=O)NCC(C)(C)C[C@@H](C)O)c1Cl. The first-order chi connectivity index (χ1) is 9.05. The van der Waals surface area contributed by atoms with Gasteiger partial charge in [-0.2, -0.15) is 0 Å². The smallest absolute Gasteiger partial charge is 0.242 e. The van der Waals surface area contributed by atoms with Crippen LogP contribution >= 0.6 is 11.6 Å². The lowest BCUT2D eigenvalue weighted by atomic mass is 9.87.